The number of hydrogen-bond acceptors (Lipinski definition) is 0. The van der Waals surface area contributed by atoms with Crippen molar-refractivity contribution in [2.45, 2.75) is 105 Å². The van der Waals surface area contributed by atoms with Gasteiger partial charge in [0.1, 0.15) is 0 Å². The van der Waals surface area contributed by atoms with Crippen molar-refractivity contribution in [3.05, 3.63) is 187 Å². The fraction of sp³-hybridized carbons (Fsp3) is 0.267. The van der Waals surface area contributed by atoms with Gasteiger partial charge in [0, 0.05) is 64.1 Å². The molecule has 7 aromatic carbocycles. The van der Waals surface area contributed by atoms with Gasteiger partial charge in [-0.25, -0.2) is 0 Å². The molecule has 0 amide bonds. The Labute approximate surface area is 418 Å². The first-order chi connectivity index (χ1) is 30.9. The van der Waals surface area contributed by atoms with Crippen LogP contribution in [0.1, 0.15) is 116 Å². The maximum absolute atomic E-state index is 6.99. The second-order valence-corrected chi connectivity index (χ2v) is 24.8. The van der Waals surface area contributed by atoms with Crippen molar-refractivity contribution < 1.29 is 0 Å². The molecule has 0 aliphatic rings. The average Bonchev–Trinajstić information content (AvgIpc) is 3.24. The van der Waals surface area contributed by atoms with Crippen molar-refractivity contribution in [3.63, 3.8) is 0 Å². The summed E-state index contributed by atoms with van der Waals surface area (Å²) in [6, 6.07) is 48.3. The van der Waals surface area contributed by atoms with Gasteiger partial charge in [-0.05, 0) is 102 Å². The summed E-state index contributed by atoms with van der Waals surface area (Å²) in [6.07, 6.45) is 0. The van der Waals surface area contributed by atoms with Crippen LogP contribution in [0.25, 0.3) is 44.5 Å². The fourth-order valence-corrected chi connectivity index (χ4v) is 12.1. The second-order valence-electron chi connectivity index (χ2n) is 21.3. The van der Waals surface area contributed by atoms with Crippen LogP contribution in [0.2, 0.25) is 20.1 Å². The summed E-state index contributed by atoms with van der Waals surface area (Å²) in [5, 5.41) is 4.74. The zero-order valence-electron chi connectivity index (χ0n) is 40.3. The highest BCUT2D eigenvalue weighted by Gasteiger charge is 2.29. The Morgan fingerprint density at radius 1 is 0.303 bits per heavy atom. The zero-order valence-corrected chi connectivity index (χ0v) is 45.1. The van der Waals surface area contributed by atoms with E-state index in [0.29, 0.717) is 20.1 Å². The predicted octanol–water partition coefficient (Wildman–Crippen LogP) is 19.0. The van der Waals surface area contributed by atoms with Crippen molar-refractivity contribution in [2.24, 2.45) is 0 Å². The van der Waals surface area contributed by atoms with Gasteiger partial charge >= 0.3 is 0 Å². The molecular formula is C60H60Cl4P2. The van der Waals surface area contributed by atoms with Gasteiger partial charge in [0.25, 0.3) is 0 Å². The quantitative estimate of drug-likeness (QED) is 0.133. The minimum atomic E-state index is -0.0319. The lowest BCUT2D eigenvalue weighted by atomic mass is 9.81. The van der Waals surface area contributed by atoms with Gasteiger partial charge in [0.05, 0.1) is 0 Å². The molecule has 6 heteroatoms. The Morgan fingerprint density at radius 3 is 0.682 bits per heavy atom. The largest absolute Gasteiger partial charge is 0.0836 e. The number of hydrogen-bond donors (Lipinski definition) is 0. The van der Waals surface area contributed by atoms with Gasteiger partial charge in [-0.2, -0.15) is 0 Å². The minimum absolute atomic E-state index is 0.0319. The molecule has 0 saturated heterocycles. The van der Waals surface area contributed by atoms with Gasteiger partial charge in [0.15, 0.2) is 0 Å². The maximum Gasteiger partial charge on any atom is 0.0496 e. The molecule has 0 aliphatic heterocycles. The summed E-state index contributed by atoms with van der Waals surface area (Å²) >= 11 is 28.0. The van der Waals surface area contributed by atoms with Crippen molar-refractivity contribution in [2.75, 3.05) is 0 Å². The lowest BCUT2D eigenvalue weighted by Crippen LogP contribution is -2.19. The summed E-state index contributed by atoms with van der Waals surface area (Å²) < 4.78 is 0. The molecule has 7 rings (SSSR count). The third-order valence-corrected chi connectivity index (χ3v) is 15.8. The zero-order chi connectivity index (χ0) is 47.9. The molecule has 338 valence electrons. The van der Waals surface area contributed by atoms with Crippen LogP contribution in [-0.4, -0.2) is 11.6 Å². The van der Waals surface area contributed by atoms with Crippen molar-refractivity contribution >= 4 is 85.0 Å². The molecule has 0 aliphatic carbocycles. The first kappa shape index (κ1) is 49.9. The Bertz CT molecular complexity index is 2550. The van der Waals surface area contributed by atoms with Crippen LogP contribution in [0.4, 0.5) is 0 Å². The van der Waals surface area contributed by atoms with Crippen LogP contribution < -0.4 is 10.6 Å². The lowest BCUT2D eigenvalue weighted by molar-refractivity contribution is 0.590. The van der Waals surface area contributed by atoms with Crippen molar-refractivity contribution in [1.82, 2.24) is 0 Å². The molecular weight excluding hydrogens is 924 g/mol. The molecule has 0 spiro atoms. The highest BCUT2D eigenvalue weighted by Crippen LogP contribution is 2.45. The van der Waals surface area contributed by atoms with Crippen LogP contribution in [0.15, 0.2) is 133 Å². The van der Waals surface area contributed by atoms with E-state index >= 15 is 0 Å². The molecule has 0 aromatic heterocycles. The van der Waals surface area contributed by atoms with E-state index in [1.807, 2.05) is 36.4 Å². The first-order valence-corrected chi connectivity index (χ1v) is 26.0. The Balaban J connectivity index is 1.77. The molecule has 0 fully saturated rings. The van der Waals surface area contributed by atoms with Gasteiger partial charge in [-0.15, -0.1) is 0 Å². The van der Waals surface area contributed by atoms with Gasteiger partial charge in [-0.3, -0.25) is 0 Å². The summed E-state index contributed by atoms with van der Waals surface area (Å²) in [5.41, 5.74) is 15.6. The SMILES string of the molecule is CC(C)(C)c1ccc(-c2c(P=Cc3c(Cl)cccc3Cl)c(-c3ccc(C(C)(C)C)cc3)c(-c3ccc(C(C)(C)C)cc3)c(P=Cc3c(Cl)cccc3Cl)c2-c2ccc(C(C)(C)C)cc2)cc1. The number of rotatable bonds is 8. The van der Waals surface area contributed by atoms with Crippen LogP contribution in [0, 0.1) is 0 Å². The Kier molecular flexibility index (Phi) is 14.8. The highest BCUT2D eigenvalue weighted by atomic mass is 35.5. The van der Waals surface area contributed by atoms with E-state index in [2.05, 4.69) is 192 Å². The average molecular weight is 985 g/mol. The first-order valence-electron chi connectivity index (χ1n) is 22.6. The highest BCUT2D eigenvalue weighted by molar-refractivity contribution is 7.50. The summed E-state index contributed by atoms with van der Waals surface area (Å²) in [6.45, 7) is 27.2. The number of halogens is 4. The standard InChI is InChI=1S/C60H60Cl4P2/c1-57(2,3)41-27-19-37(20-28-41)51-52(38-21-29-42(30-22-38)58(4,5)6)56(66-36-46-49(63)17-14-18-50(46)64)54(40-25-33-44(34-26-40)60(10,11)12)53(39-23-31-43(32-24-39)59(7,8)9)55(51)65-35-45-47(61)15-13-16-48(45)62/h13-36H,1-12H3. The van der Waals surface area contributed by atoms with Gasteiger partial charge in [0.2, 0.25) is 0 Å². The Morgan fingerprint density at radius 2 is 0.500 bits per heavy atom. The number of benzene rings is 7. The normalized spacial score (nSPS) is 12.7. The molecule has 0 radical (unpaired) electrons. The summed E-state index contributed by atoms with van der Waals surface area (Å²) in [5.74, 6) is 4.37. The molecule has 0 atom stereocenters. The predicted molar refractivity (Wildman–Crippen MR) is 299 cm³/mol. The smallest absolute Gasteiger partial charge is 0.0496 e. The third kappa shape index (κ3) is 11.0. The summed E-state index contributed by atoms with van der Waals surface area (Å²) in [7, 11) is 1.85. The monoisotopic (exact) mass is 982 g/mol. The van der Waals surface area contributed by atoms with Crippen molar-refractivity contribution in [1.29, 1.82) is 0 Å². The van der Waals surface area contributed by atoms with Gasteiger partial charge in [-0.1, -0.05) is 255 Å². The molecule has 0 unspecified atom stereocenters. The molecule has 0 bridgehead atoms. The van der Waals surface area contributed by atoms with E-state index in [0.717, 1.165) is 82.7 Å². The van der Waals surface area contributed by atoms with E-state index in [4.69, 9.17) is 46.4 Å². The van der Waals surface area contributed by atoms with E-state index in [9.17, 15) is 0 Å². The second kappa shape index (κ2) is 19.6. The molecule has 0 saturated carbocycles. The molecule has 0 nitrogen and oxygen atoms in total. The van der Waals surface area contributed by atoms with E-state index in [1.54, 1.807) is 0 Å². The van der Waals surface area contributed by atoms with Gasteiger partial charge < -0.3 is 0 Å². The third-order valence-electron chi connectivity index (χ3n) is 12.3. The van der Waals surface area contributed by atoms with Crippen LogP contribution in [0.3, 0.4) is 0 Å². The van der Waals surface area contributed by atoms with Crippen molar-refractivity contribution in [3.8, 4) is 44.5 Å². The van der Waals surface area contributed by atoms with Crippen LogP contribution in [-0.2, 0) is 21.7 Å². The van der Waals surface area contributed by atoms with Crippen LogP contribution >= 0.6 is 62.8 Å². The molecule has 0 heterocycles. The van der Waals surface area contributed by atoms with E-state index < -0.39 is 0 Å². The maximum atomic E-state index is 6.99. The Hall–Kier alpha value is -3.96. The minimum Gasteiger partial charge on any atom is -0.0836 e. The topological polar surface area (TPSA) is 0 Å². The lowest BCUT2D eigenvalue weighted by Gasteiger charge is -2.27. The van der Waals surface area contributed by atoms with E-state index in [-0.39, 0.29) is 21.7 Å². The molecule has 7 aromatic rings. The molecule has 0 N–H and O–H groups in total. The van der Waals surface area contributed by atoms with E-state index in [1.165, 1.54) is 22.3 Å². The molecule has 66 heavy (non-hydrogen) atoms. The van der Waals surface area contributed by atoms with Crippen LogP contribution in [0.5, 0.6) is 0 Å². The summed E-state index contributed by atoms with van der Waals surface area (Å²) in [4.78, 5) is 0. The fourth-order valence-electron chi connectivity index (χ4n) is 8.18.